The second kappa shape index (κ2) is 16.9. The first-order valence-corrected chi connectivity index (χ1v) is 27.0. The van der Waals surface area contributed by atoms with Crippen LogP contribution in [0.25, 0.3) is 151 Å². The van der Waals surface area contributed by atoms with Gasteiger partial charge in [0.25, 0.3) is 0 Å². The molecule has 0 fully saturated rings. The van der Waals surface area contributed by atoms with Crippen LogP contribution in [0.3, 0.4) is 0 Å². The predicted octanol–water partition coefficient (Wildman–Crippen LogP) is 20.0. The second-order valence-electron chi connectivity index (χ2n) is 19.3. The number of benzene rings is 14. The molecular weight excluding hydrogens is 944 g/mol. The summed E-state index contributed by atoms with van der Waals surface area (Å²) in [7, 11) is 0. The predicted molar refractivity (Wildman–Crippen MR) is 316 cm³/mol. The summed E-state index contributed by atoms with van der Waals surface area (Å²) in [5.74, 6) is 0. The number of rotatable bonds is 6. The summed E-state index contributed by atoms with van der Waals surface area (Å²) < 4.78 is 2.88. The molecule has 0 saturated carbocycles. The van der Waals surface area contributed by atoms with Crippen LogP contribution in [0.1, 0.15) is 0 Å². The van der Waals surface area contributed by atoms with Crippen molar-refractivity contribution < 1.29 is 0 Å². The maximum atomic E-state index is 2.40. The van der Waals surface area contributed by atoms with Gasteiger partial charge in [0.15, 0.2) is 0 Å². The minimum atomic E-state index is 0.0621. The molecule has 0 atom stereocenters. The molecule has 0 radical (unpaired) electrons. The fraction of sp³-hybridized carbons (Fsp3) is 0. The molecule has 0 unspecified atom stereocenters. The zero-order valence-electron chi connectivity index (χ0n) is 39.8. The van der Waals surface area contributed by atoms with Gasteiger partial charge in [-0.1, -0.05) is 48.5 Å². The van der Waals surface area contributed by atoms with Crippen molar-refractivity contribution in [1.29, 1.82) is 0 Å². The van der Waals surface area contributed by atoms with E-state index in [-0.39, 0.29) is 14.5 Å². The van der Waals surface area contributed by atoms with Gasteiger partial charge in [0.2, 0.25) is 0 Å². The van der Waals surface area contributed by atoms with E-state index in [0.717, 1.165) is 0 Å². The minimum Gasteiger partial charge on any atom is -0.0617 e. The van der Waals surface area contributed by atoms with Crippen LogP contribution in [0.5, 0.6) is 0 Å². The van der Waals surface area contributed by atoms with Crippen molar-refractivity contribution >= 4 is 98.4 Å². The van der Waals surface area contributed by atoms with E-state index in [1.54, 1.807) is 0 Å². The Morgan fingerprint density at radius 3 is 0.877 bits per heavy atom. The Labute approximate surface area is 429 Å². The van der Waals surface area contributed by atoms with Crippen LogP contribution in [0.15, 0.2) is 267 Å². The van der Waals surface area contributed by atoms with Gasteiger partial charge in [-0.15, -0.1) is 0 Å². The molecule has 1 aromatic heterocycles. The molecule has 1 heteroatoms. The number of fused-ring (bicyclic) bond motifs is 9. The summed E-state index contributed by atoms with van der Waals surface area (Å²) in [5.41, 5.74) is 15.3. The Morgan fingerprint density at radius 2 is 0.466 bits per heavy atom. The van der Waals surface area contributed by atoms with E-state index in [1.807, 2.05) is 0 Å². The monoisotopic (exact) mass is 988 g/mol. The molecular formula is C72H44Se. The summed E-state index contributed by atoms with van der Waals surface area (Å²) in [6.07, 6.45) is 0. The van der Waals surface area contributed by atoms with Gasteiger partial charge in [-0.3, -0.25) is 0 Å². The average Bonchev–Trinajstić information content (AvgIpc) is 3.86. The Morgan fingerprint density at radius 1 is 0.178 bits per heavy atom. The van der Waals surface area contributed by atoms with Gasteiger partial charge in [-0.25, -0.2) is 0 Å². The normalized spacial score (nSPS) is 11.8. The molecule has 338 valence electrons. The first kappa shape index (κ1) is 41.9. The summed E-state index contributed by atoms with van der Waals surface area (Å²) in [6.45, 7) is 0. The molecule has 0 N–H and O–H groups in total. The number of hydrogen-bond acceptors (Lipinski definition) is 0. The summed E-state index contributed by atoms with van der Waals surface area (Å²) >= 11 is 0.0621. The standard InChI is InChI=1S/C72H44Se/c1-3-21-45(22-4-1)47-41-43-61(51-27-9-7-25-49(47)51)67-53-29-11-15-33-57(53)69(58-34-16-12-30-54(58)67)63-37-20-40-66-71(63)65-39-19-38-64(72(65)73-66)70-59-35-17-13-31-55(59)68(56-32-14-18-36-60(56)70)62-44-42-48(46-23-5-2-6-24-46)50-26-8-10-28-52(50)62/h1-44H. The molecule has 0 saturated heterocycles. The molecule has 15 aromatic rings. The molecule has 0 aliphatic heterocycles. The summed E-state index contributed by atoms with van der Waals surface area (Å²) in [5, 5.41) is 18.0. The Balaban J connectivity index is 0.967. The van der Waals surface area contributed by atoms with E-state index in [2.05, 4.69) is 267 Å². The van der Waals surface area contributed by atoms with Gasteiger partial charge in [0, 0.05) is 0 Å². The van der Waals surface area contributed by atoms with Crippen molar-refractivity contribution in [1.82, 2.24) is 0 Å². The van der Waals surface area contributed by atoms with Crippen LogP contribution in [-0.4, -0.2) is 14.5 Å². The van der Waals surface area contributed by atoms with Crippen LogP contribution in [0.4, 0.5) is 0 Å². The quantitative estimate of drug-likeness (QED) is 0.115. The van der Waals surface area contributed by atoms with Gasteiger partial charge in [0.1, 0.15) is 0 Å². The molecule has 73 heavy (non-hydrogen) atoms. The zero-order valence-corrected chi connectivity index (χ0v) is 41.5. The van der Waals surface area contributed by atoms with E-state index in [9.17, 15) is 0 Å². The molecule has 0 aliphatic carbocycles. The topological polar surface area (TPSA) is 0 Å². The molecule has 0 spiro atoms. The van der Waals surface area contributed by atoms with Crippen molar-refractivity contribution in [3.05, 3.63) is 267 Å². The molecule has 1 heterocycles. The van der Waals surface area contributed by atoms with Crippen LogP contribution < -0.4 is 0 Å². The first-order valence-electron chi connectivity index (χ1n) is 25.3. The van der Waals surface area contributed by atoms with E-state index in [4.69, 9.17) is 0 Å². The zero-order chi connectivity index (χ0) is 48.0. The molecule has 0 aliphatic rings. The van der Waals surface area contributed by atoms with Gasteiger partial charge < -0.3 is 0 Å². The fourth-order valence-electron chi connectivity index (χ4n) is 12.4. The van der Waals surface area contributed by atoms with Gasteiger partial charge >= 0.3 is 384 Å². The van der Waals surface area contributed by atoms with Crippen molar-refractivity contribution in [3.63, 3.8) is 0 Å². The fourth-order valence-corrected chi connectivity index (χ4v) is 15.1. The van der Waals surface area contributed by atoms with Gasteiger partial charge in [-0.05, 0) is 0 Å². The minimum absolute atomic E-state index is 0.0621. The maximum absolute atomic E-state index is 2.40. The van der Waals surface area contributed by atoms with Crippen LogP contribution in [0, 0.1) is 0 Å². The van der Waals surface area contributed by atoms with Gasteiger partial charge in [0.05, 0.1) is 0 Å². The van der Waals surface area contributed by atoms with E-state index in [0.29, 0.717) is 0 Å². The van der Waals surface area contributed by atoms with Crippen molar-refractivity contribution in [2.24, 2.45) is 0 Å². The molecule has 14 aromatic carbocycles. The number of hydrogen-bond donors (Lipinski definition) is 0. The van der Waals surface area contributed by atoms with E-state index >= 15 is 0 Å². The van der Waals surface area contributed by atoms with Crippen molar-refractivity contribution in [2.75, 3.05) is 0 Å². The van der Waals surface area contributed by atoms with Crippen molar-refractivity contribution in [2.45, 2.75) is 0 Å². The Kier molecular flexibility index (Phi) is 9.70. The second-order valence-corrected chi connectivity index (χ2v) is 21.5. The smallest absolute Gasteiger partial charge is 0.0617 e. The van der Waals surface area contributed by atoms with Crippen LogP contribution in [0.2, 0.25) is 0 Å². The third-order valence-electron chi connectivity index (χ3n) is 15.5. The Hall–Kier alpha value is -8.84. The van der Waals surface area contributed by atoms with E-state index < -0.39 is 0 Å². The third-order valence-corrected chi connectivity index (χ3v) is 18.0. The van der Waals surface area contributed by atoms with Crippen LogP contribution >= 0.6 is 0 Å². The average molecular weight is 988 g/mol. The molecule has 0 amide bonds. The molecule has 0 nitrogen and oxygen atoms in total. The summed E-state index contributed by atoms with van der Waals surface area (Å²) in [6, 6.07) is 99.7. The van der Waals surface area contributed by atoms with Gasteiger partial charge in [-0.2, -0.15) is 0 Å². The molecule has 0 bridgehead atoms. The van der Waals surface area contributed by atoms with Crippen LogP contribution in [-0.2, 0) is 0 Å². The van der Waals surface area contributed by atoms with Crippen molar-refractivity contribution in [3.8, 4) is 66.8 Å². The Bertz CT molecular complexity index is 4600. The SMILES string of the molecule is c1ccc(-c2ccc(-c3c4ccccc4c(-c4cccc5c4[se]c4cccc(-c6c7ccccc7c(-c7ccc(-c8ccccc8)c8ccccc78)c7ccccc67)c45)c4ccccc34)c3ccccc23)cc1. The summed E-state index contributed by atoms with van der Waals surface area (Å²) in [4.78, 5) is 0. The molecule has 15 rings (SSSR count). The first-order chi connectivity index (χ1) is 36.3. The third kappa shape index (κ3) is 6.47. The van der Waals surface area contributed by atoms with E-state index in [1.165, 1.54) is 151 Å².